The number of sulfonamides is 1. The average molecular weight is 1720 g/mol. The molecule has 1 amide bonds. The average Bonchev–Trinajstić information content (AvgIpc) is 1.52. The molecule has 0 radical (unpaired) electrons. The number of carbonyl (C=O) groups excluding carboxylic acids is 2. The molecule has 1 saturated heterocycles. The Bertz CT molecular complexity index is 2900. The van der Waals surface area contributed by atoms with Gasteiger partial charge in [-0.15, -0.1) is 0 Å². The van der Waals surface area contributed by atoms with Crippen molar-refractivity contribution in [3.8, 4) is 22.6 Å². The number of carbonyl (C=O) groups is 2. The lowest BCUT2D eigenvalue weighted by molar-refractivity contribution is -0.145. The van der Waals surface area contributed by atoms with Crippen molar-refractivity contribution in [2.24, 2.45) is 0 Å². The number of benzene rings is 3. The van der Waals surface area contributed by atoms with E-state index >= 15 is 0 Å². The molecule has 668 valence electrons. The van der Waals surface area contributed by atoms with Crippen molar-refractivity contribution in [3.63, 3.8) is 0 Å². The van der Waals surface area contributed by atoms with Gasteiger partial charge in [-0.05, 0) is 59.9 Å². The van der Waals surface area contributed by atoms with Gasteiger partial charge in [-0.1, -0.05) is 47.5 Å². The van der Waals surface area contributed by atoms with Crippen LogP contribution in [0.4, 0.5) is 0 Å². The normalized spacial score (nSPS) is 13.5. The summed E-state index contributed by atoms with van der Waals surface area (Å²) in [6.07, 6.45) is 0.771. The van der Waals surface area contributed by atoms with E-state index in [-0.39, 0.29) is 40.9 Å². The first-order chi connectivity index (χ1) is 57.0. The smallest absolute Gasteiger partial charge is 0.328 e. The Morgan fingerprint density at radius 2 is 0.638 bits per heavy atom. The zero-order valence-corrected chi connectivity index (χ0v) is 70.8. The van der Waals surface area contributed by atoms with E-state index in [4.69, 9.17) is 156 Å². The van der Waals surface area contributed by atoms with E-state index in [0.717, 1.165) is 15.4 Å². The highest BCUT2D eigenvalue weighted by atomic mass is 35.5. The molecule has 0 unspecified atom stereocenters. The fraction of sp³-hybridized carbons (Fsp3) is 0.747. The molecule has 1 fully saturated rings. The molecule has 4 rings (SSSR count). The van der Waals surface area contributed by atoms with E-state index in [1.807, 2.05) is 36.4 Å². The number of esters is 1. The molecular formula is C79H130Cl2N2O32S. The maximum absolute atomic E-state index is 13.7. The lowest BCUT2D eigenvalue weighted by Gasteiger charge is -2.25. The van der Waals surface area contributed by atoms with Crippen LogP contribution >= 0.6 is 23.2 Å². The highest BCUT2D eigenvalue weighted by Crippen LogP contribution is 2.40. The van der Waals surface area contributed by atoms with E-state index in [1.54, 1.807) is 21.3 Å². The van der Waals surface area contributed by atoms with Crippen LogP contribution in [0.25, 0.3) is 11.1 Å². The molecule has 2 atom stereocenters. The molecule has 1 N–H and O–H groups in total. The molecule has 1 aliphatic rings. The molecule has 0 bridgehead atoms. The first-order valence-electron chi connectivity index (χ1n) is 39.6. The molecule has 3 aromatic carbocycles. The Labute approximate surface area is 695 Å². The second-order valence-corrected chi connectivity index (χ2v) is 27.6. The van der Waals surface area contributed by atoms with Gasteiger partial charge >= 0.3 is 5.97 Å². The third-order valence-corrected chi connectivity index (χ3v) is 18.6. The minimum atomic E-state index is -4.14. The minimum Gasteiger partial charge on any atom is -0.496 e. The van der Waals surface area contributed by atoms with Gasteiger partial charge in [0.05, 0.1) is 356 Å². The van der Waals surface area contributed by atoms with Gasteiger partial charge in [0, 0.05) is 30.1 Å². The summed E-state index contributed by atoms with van der Waals surface area (Å²) in [6.45, 7) is 23.0. The number of methoxy groups -OCH3 is 4. The Morgan fingerprint density at radius 1 is 0.371 bits per heavy atom. The number of halogens is 2. The minimum absolute atomic E-state index is 0.0724. The molecule has 1 aliphatic heterocycles. The molecule has 1 heterocycles. The topological polar surface area (TPSA) is 342 Å². The summed E-state index contributed by atoms with van der Waals surface area (Å²) in [4.78, 5) is 26.5. The van der Waals surface area contributed by atoms with Gasteiger partial charge in [0.15, 0.2) is 0 Å². The summed E-state index contributed by atoms with van der Waals surface area (Å²) in [5.41, 5.74) is 3.01. The van der Waals surface area contributed by atoms with Gasteiger partial charge in [-0.2, -0.15) is 4.31 Å². The lowest BCUT2D eigenvalue weighted by Crippen LogP contribution is -2.51. The van der Waals surface area contributed by atoms with Crippen LogP contribution in [-0.4, -0.2) is 389 Å². The molecule has 37 heteroatoms. The first kappa shape index (κ1) is 104. The summed E-state index contributed by atoms with van der Waals surface area (Å²) in [5.74, 6) is -0.197. The van der Waals surface area contributed by atoms with E-state index < -0.39 is 34.0 Å². The zero-order chi connectivity index (χ0) is 82.9. The highest BCUT2D eigenvalue weighted by Gasteiger charge is 2.41. The van der Waals surface area contributed by atoms with Gasteiger partial charge < -0.3 is 138 Å². The van der Waals surface area contributed by atoms with E-state index in [2.05, 4.69) is 5.32 Å². The van der Waals surface area contributed by atoms with Crippen LogP contribution in [0.1, 0.15) is 24.0 Å². The molecule has 0 spiro atoms. The fourth-order valence-electron chi connectivity index (χ4n) is 10.5. The largest absolute Gasteiger partial charge is 0.496 e. The second kappa shape index (κ2) is 73.4. The van der Waals surface area contributed by atoms with Crippen molar-refractivity contribution in [1.82, 2.24) is 9.62 Å². The van der Waals surface area contributed by atoms with Gasteiger partial charge in [0.2, 0.25) is 15.9 Å². The van der Waals surface area contributed by atoms with Gasteiger partial charge in [-0.25, -0.2) is 13.2 Å². The van der Waals surface area contributed by atoms with Crippen LogP contribution < -0.4 is 14.8 Å². The number of nitrogens with one attached hydrogen (secondary N) is 1. The van der Waals surface area contributed by atoms with Crippen LogP contribution in [-0.2, 0) is 156 Å². The zero-order valence-electron chi connectivity index (χ0n) is 68.5. The van der Waals surface area contributed by atoms with Gasteiger partial charge in [0.25, 0.3) is 0 Å². The van der Waals surface area contributed by atoms with Crippen LogP contribution in [0.15, 0.2) is 59.5 Å². The summed E-state index contributed by atoms with van der Waals surface area (Å²) in [5, 5.41) is 3.02. The van der Waals surface area contributed by atoms with Crippen molar-refractivity contribution in [1.29, 1.82) is 0 Å². The second-order valence-electron chi connectivity index (χ2n) is 24.9. The predicted octanol–water partition coefficient (Wildman–Crippen LogP) is 5.28. The third kappa shape index (κ3) is 52.8. The molecule has 0 aromatic heterocycles. The van der Waals surface area contributed by atoms with E-state index in [9.17, 15) is 18.0 Å². The maximum atomic E-state index is 13.7. The van der Waals surface area contributed by atoms with Gasteiger partial charge in [0.1, 0.15) is 23.6 Å². The Kier molecular flexibility index (Phi) is 65.8. The van der Waals surface area contributed by atoms with Crippen molar-refractivity contribution in [2.75, 3.05) is 352 Å². The van der Waals surface area contributed by atoms with Gasteiger partial charge in [-0.3, -0.25) is 4.79 Å². The van der Waals surface area contributed by atoms with Crippen LogP contribution in [0.3, 0.4) is 0 Å². The molecule has 0 aliphatic carbocycles. The number of amides is 1. The number of hydrogen-bond donors (Lipinski definition) is 1. The van der Waals surface area contributed by atoms with Crippen molar-refractivity contribution in [3.05, 3.63) is 75.8 Å². The van der Waals surface area contributed by atoms with Crippen molar-refractivity contribution < 1.29 is 151 Å². The van der Waals surface area contributed by atoms with Crippen molar-refractivity contribution in [2.45, 2.75) is 42.8 Å². The first-order valence-corrected chi connectivity index (χ1v) is 41.8. The van der Waals surface area contributed by atoms with E-state index in [1.165, 1.54) is 25.3 Å². The standard InChI is InChI=1S/C79H130Cl2N2O32S/c1-88-12-13-92-14-15-93-16-17-94-18-19-95-20-21-96-22-23-97-24-25-98-26-27-99-28-29-100-30-31-101-32-33-102-34-35-103-36-37-104-38-39-105-40-41-106-42-43-107-44-45-108-46-47-109-48-49-110-50-51-111-52-53-112-54-55-113-56-57-114-58-59-115-66-68-61-75(89-2)77(76(62-68)90-3)69-9-7-67(8-10-69)60-73(79(85)91-4)82-78(84)74-6-5-11-83(74)116(86,87)72-64-70(80)63-71(81)65-72/h7-10,61-65,73-74H,5-6,11-60,66H2,1-4H3,(H,82,84)/t73-,74-/m0/s1. The molecule has 3 aromatic rings. The van der Waals surface area contributed by atoms with Crippen LogP contribution in [0.5, 0.6) is 11.5 Å². The molecule has 34 nitrogen and oxygen atoms in total. The SMILES string of the molecule is COCCOCCOCCOCCOCCOCCOCCOCCOCCOCCOCCOCCOCCOCCOCCOCCOCCOCCOCCOCCOCCOCCOCCOCCOCc1cc(OC)c(-c2ccc(C[C@H](NC(=O)[C@@H]3CCCN3S(=O)(=O)c3cc(Cl)cc(Cl)c3)C(=O)OC)cc2)c(OC)c1. The number of hydrogen-bond acceptors (Lipinski definition) is 32. The maximum Gasteiger partial charge on any atom is 0.328 e. The molecular weight excluding hydrogens is 1590 g/mol. The summed E-state index contributed by atoms with van der Waals surface area (Å²) < 4.78 is 183. The fourth-order valence-corrected chi connectivity index (χ4v) is 12.9. The lowest BCUT2D eigenvalue weighted by atomic mass is 9.98. The monoisotopic (exact) mass is 1720 g/mol. The van der Waals surface area contributed by atoms with Crippen LogP contribution in [0, 0.1) is 0 Å². The highest BCUT2D eigenvalue weighted by molar-refractivity contribution is 7.89. The quantitative estimate of drug-likeness (QED) is 0.0555. The number of nitrogens with zero attached hydrogens (tertiary/aromatic N) is 1. The summed E-state index contributed by atoms with van der Waals surface area (Å²) in [7, 11) is 1.86. The Morgan fingerprint density at radius 3 is 0.897 bits per heavy atom. The summed E-state index contributed by atoms with van der Waals surface area (Å²) >= 11 is 12.2. The predicted molar refractivity (Wildman–Crippen MR) is 426 cm³/mol. The van der Waals surface area contributed by atoms with Crippen LogP contribution in [0.2, 0.25) is 10.0 Å². The Hall–Kier alpha value is -4.31. The molecule has 0 saturated carbocycles. The van der Waals surface area contributed by atoms with E-state index in [0.29, 0.717) is 346 Å². The Balaban J connectivity index is 0.792. The number of rotatable bonds is 84. The number of ether oxygens (including phenoxy) is 28. The molecule has 116 heavy (non-hydrogen) atoms. The third-order valence-electron chi connectivity index (χ3n) is 16.3. The summed E-state index contributed by atoms with van der Waals surface area (Å²) in [6, 6.07) is 12.9. The van der Waals surface area contributed by atoms with Crippen molar-refractivity contribution >= 4 is 45.1 Å².